The first-order valence-corrected chi connectivity index (χ1v) is 8.48. The fraction of sp³-hybridized carbons (Fsp3) is 0.350. The van der Waals surface area contributed by atoms with Gasteiger partial charge in [-0.15, -0.1) is 0 Å². The smallest absolute Gasteiger partial charge is 0.255 e. The molecule has 2 aromatic carbocycles. The summed E-state index contributed by atoms with van der Waals surface area (Å²) in [6, 6.07) is 14.5. The van der Waals surface area contributed by atoms with Crippen LogP contribution in [0.2, 0.25) is 0 Å². The van der Waals surface area contributed by atoms with E-state index in [1.54, 1.807) is 0 Å². The van der Waals surface area contributed by atoms with E-state index in [2.05, 4.69) is 23.5 Å². The van der Waals surface area contributed by atoms with Crippen LogP contribution in [-0.2, 0) is 12.8 Å². The second-order valence-electron chi connectivity index (χ2n) is 6.84. The Hall–Kier alpha value is -2.13. The summed E-state index contributed by atoms with van der Waals surface area (Å²) in [5.74, 6) is 0.702. The predicted octanol–water partition coefficient (Wildman–Crippen LogP) is 3.63. The first-order valence-electron chi connectivity index (χ1n) is 8.48. The summed E-state index contributed by atoms with van der Waals surface area (Å²) in [6.07, 6.45) is 5.48. The minimum atomic E-state index is -0.0400. The number of nitrogens with two attached hydrogens (primary N) is 1. The van der Waals surface area contributed by atoms with E-state index in [1.807, 2.05) is 24.3 Å². The van der Waals surface area contributed by atoms with Crippen molar-refractivity contribution in [1.29, 1.82) is 0 Å². The number of nitrogens with one attached hydrogen (secondary N) is 1. The molecule has 1 atom stereocenters. The summed E-state index contributed by atoms with van der Waals surface area (Å²) in [4.78, 5) is 12.5. The Balaban J connectivity index is 1.48. The van der Waals surface area contributed by atoms with Gasteiger partial charge in [0.15, 0.2) is 0 Å². The molecule has 0 aromatic heterocycles. The van der Waals surface area contributed by atoms with Gasteiger partial charge in [0, 0.05) is 17.3 Å². The normalized spacial score (nSPS) is 20.0. The highest BCUT2D eigenvalue weighted by molar-refractivity contribution is 6.04. The zero-order valence-electron chi connectivity index (χ0n) is 13.2. The van der Waals surface area contributed by atoms with Gasteiger partial charge in [0.1, 0.15) is 0 Å². The van der Waals surface area contributed by atoms with Crippen LogP contribution >= 0.6 is 0 Å². The molecular weight excluding hydrogens is 284 g/mol. The molecule has 4 rings (SSSR count). The Kier molecular flexibility index (Phi) is 3.66. The van der Waals surface area contributed by atoms with E-state index < -0.39 is 0 Å². The number of aryl methyl sites for hydroxylation is 1. The quantitative estimate of drug-likeness (QED) is 0.909. The van der Waals surface area contributed by atoms with E-state index in [9.17, 15) is 4.79 Å². The van der Waals surface area contributed by atoms with E-state index in [1.165, 1.54) is 29.5 Å². The maximum absolute atomic E-state index is 12.5. The molecule has 23 heavy (non-hydrogen) atoms. The van der Waals surface area contributed by atoms with E-state index >= 15 is 0 Å². The monoisotopic (exact) mass is 306 g/mol. The topological polar surface area (TPSA) is 55.1 Å². The van der Waals surface area contributed by atoms with Gasteiger partial charge in [-0.1, -0.05) is 18.2 Å². The average Bonchev–Trinajstić information content (AvgIpc) is 3.40. The molecule has 3 N–H and O–H groups in total. The predicted molar refractivity (Wildman–Crippen MR) is 92.8 cm³/mol. The van der Waals surface area contributed by atoms with Gasteiger partial charge in [-0.25, -0.2) is 0 Å². The number of benzene rings is 2. The number of hydrogen-bond donors (Lipinski definition) is 2. The molecule has 1 unspecified atom stereocenters. The van der Waals surface area contributed by atoms with Crippen LogP contribution in [0.3, 0.4) is 0 Å². The number of carbonyl (C=O) groups is 1. The SMILES string of the molecule is NC1CCc2cc(C(=O)Nc3ccc(C4CC4)cc3)ccc2C1. The fourth-order valence-electron chi connectivity index (χ4n) is 3.38. The number of amides is 1. The lowest BCUT2D eigenvalue weighted by molar-refractivity contribution is 0.102. The van der Waals surface area contributed by atoms with Crippen LogP contribution in [0.15, 0.2) is 42.5 Å². The van der Waals surface area contributed by atoms with Gasteiger partial charge in [0.2, 0.25) is 0 Å². The van der Waals surface area contributed by atoms with Crippen LogP contribution in [0.25, 0.3) is 0 Å². The van der Waals surface area contributed by atoms with E-state index in [-0.39, 0.29) is 11.9 Å². The first kappa shape index (κ1) is 14.5. The molecule has 118 valence electrons. The van der Waals surface area contributed by atoms with Gasteiger partial charge in [0.25, 0.3) is 5.91 Å². The molecule has 3 heteroatoms. The molecule has 1 fully saturated rings. The molecule has 0 heterocycles. The lowest BCUT2D eigenvalue weighted by atomic mass is 9.87. The number of fused-ring (bicyclic) bond motifs is 1. The molecule has 0 aliphatic heterocycles. The molecule has 0 saturated heterocycles. The first-order chi connectivity index (χ1) is 11.2. The Morgan fingerprint density at radius 3 is 2.52 bits per heavy atom. The Labute approximate surface area is 136 Å². The van der Waals surface area contributed by atoms with Crippen molar-refractivity contribution < 1.29 is 4.79 Å². The zero-order chi connectivity index (χ0) is 15.8. The van der Waals surface area contributed by atoms with Crippen molar-refractivity contribution in [3.63, 3.8) is 0 Å². The van der Waals surface area contributed by atoms with E-state index in [0.717, 1.165) is 36.4 Å². The van der Waals surface area contributed by atoms with Crippen molar-refractivity contribution in [3.8, 4) is 0 Å². The molecular formula is C20H22N2O. The van der Waals surface area contributed by atoms with E-state index in [0.29, 0.717) is 0 Å². The van der Waals surface area contributed by atoms with Crippen molar-refractivity contribution in [3.05, 3.63) is 64.7 Å². The molecule has 1 saturated carbocycles. The number of anilines is 1. The highest BCUT2D eigenvalue weighted by atomic mass is 16.1. The molecule has 2 aromatic rings. The van der Waals surface area contributed by atoms with Crippen LogP contribution in [0.1, 0.15) is 52.2 Å². The Morgan fingerprint density at radius 1 is 1.00 bits per heavy atom. The van der Waals surface area contributed by atoms with E-state index in [4.69, 9.17) is 5.73 Å². The summed E-state index contributed by atoms with van der Waals surface area (Å²) in [5, 5.41) is 3.00. The zero-order valence-corrected chi connectivity index (χ0v) is 13.2. The minimum Gasteiger partial charge on any atom is -0.327 e. The van der Waals surface area contributed by atoms with Gasteiger partial charge in [-0.05, 0) is 79.0 Å². The van der Waals surface area contributed by atoms with Gasteiger partial charge >= 0.3 is 0 Å². The fourth-order valence-corrected chi connectivity index (χ4v) is 3.38. The van der Waals surface area contributed by atoms with Crippen LogP contribution in [-0.4, -0.2) is 11.9 Å². The molecule has 2 aliphatic carbocycles. The third kappa shape index (κ3) is 3.15. The van der Waals surface area contributed by atoms with Gasteiger partial charge < -0.3 is 11.1 Å². The maximum Gasteiger partial charge on any atom is 0.255 e. The Morgan fingerprint density at radius 2 is 1.78 bits per heavy atom. The second-order valence-corrected chi connectivity index (χ2v) is 6.84. The Bertz CT molecular complexity index is 732. The maximum atomic E-state index is 12.5. The summed E-state index contributed by atoms with van der Waals surface area (Å²) in [7, 11) is 0. The average molecular weight is 306 g/mol. The third-order valence-electron chi connectivity index (χ3n) is 4.95. The molecule has 3 nitrogen and oxygen atoms in total. The summed E-state index contributed by atoms with van der Waals surface area (Å²) >= 11 is 0. The highest BCUT2D eigenvalue weighted by Gasteiger charge is 2.23. The van der Waals surface area contributed by atoms with Crippen LogP contribution in [0.5, 0.6) is 0 Å². The lowest BCUT2D eigenvalue weighted by Gasteiger charge is -2.21. The summed E-state index contributed by atoms with van der Waals surface area (Å²) in [6.45, 7) is 0. The van der Waals surface area contributed by atoms with Crippen molar-refractivity contribution in [1.82, 2.24) is 0 Å². The van der Waals surface area contributed by atoms with Crippen molar-refractivity contribution in [2.24, 2.45) is 5.73 Å². The largest absolute Gasteiger partial charge is 0.327 e. The molecule has 0 radical (unpaired) electrons. The van der Waals surface area contributed by atoms with Crippen LogP contribution < -0.4 is 11.1 Å². The second kappa shape index (κ2) is 5.82. The molecule has 0 spiro atoms. The standard InChI is InChI=1S/C20H22N2O/c21-18-8-5-15-11-17(4-3-16(15)12-18)20(23)22-19-9-6-14(7-10-19)13-1-2-13/h3-4,6-7,9-11,13,18H,1-2,5,8,12,21H2,(H,22,23). The molecule has 1 amide bonds. The van der Waals surface area contributed by atoms with Gasteiger partial charge in [0.05, 0.1) is 0 Å². The van der Waals surface area contributed by atoms with Crippen molar-refractivity contribution >= 4 is 11.6 Å². The summed E-state index contributed by atoms with van der Waals surface area (Å²) < 4.78 is 0. The van der Waals surface area contributed by atoms with Crippen LogP contribution in [0.4, 0.5) is 5.69 Å². The third-order valence-corrected chi connectivity index (χ3v) is 4.95. The lowest BCUT2D eigenvalue weighted by Crippen LogP contribution is -2.28. The number of hydrogen-bond acceptors (Lipinski definition) is 2. The van der Waals surface area contributed by atoms with Gasteiger partial charge in [-0.2, -0.15) is 0 Å². The van der Waals surface area contributed by atoms with Crippen molar-refractivity contribution in [2.75, 3.05) is 5.32 Å². The minimum absolute atomic E-state index is 0.0400. The highest BCUT2D eigenvalue weighted by Crippen LogP contribution is 2.40. The van der Waals surface area contributed by atoms with Crippen molar-refractivity contribution in [2.45, 2.75) is 44.1 Å². The number of carbonyl (C=O) groups excluding carboxylic acids is 1. The summed E-state index contributed by atoms with van der Waals surface area (Å²) in [5.41, 5.74) is 11.5. The number of rotatable bonds is 3. The van der Waals surface area contributed by atoms with Crippen LogP contribution in [0, 0.1) is 0 Å². The molecule has 2 aliphatic rings. The molecule has 0 bridgehead atoms. The van der Waals surface area contributed by atoms with Gasteiger partial charge in [-0.3, -0.25) is 4.79 Å².